The first kappa shape index (κ1) is 8.80. The number of hydrogen-bond donors (Lipinski definition) is 3. The molecule has 0 fully saturated rings. The molecule has 0 amide bonds. The average molecular weight is 170 g/mol. The van der Waals surface area contributed by atoms with Crippen LogP contribution in [0, 0.1) is 0 Å². The summed E-state index contributed by atoms with van der Waals surface area (Å²) in [4.78, 5) is 10.5. The molecule has 0 aromatic carbocycles. The molecule has 1 aliphatic rings. The number of carbonyl (C=O) groups is 1. The maximum atomic E-state index is 10.5. The minimum atomic E-state index is -2.13. The number of aliphatic hydroxyl groups excluding tert-OH is 1. The van der Waals surface area contributed by atoms with Crippen LogP contribution in [0.1, 0.15) is 13.3 Å². The molecular formula is C8H10O4. The van der Waals surface area contributed by atoms with Crippen molar-refractivity contribution in [3.05, 3.63) is 23.5 Å². The second kappa shape index (κ2) is 2.64. The molecule has 4 nitrogen and oxygen atoms in total. The number of allylic oxidation sites excluding steroid dienone is 2. The van der Waals surface area contributed by atoms with Gasteiger partial charge in [0, 0.05) is 6.42 Å². The van der Waals surface area contributed by atoms with E-state index in [0.717, 1.165) is 5.57 Å². The lowest BCUT2D eigenvalue weighted by molar-refractivity contribution is -0.157. The highest BCUT2D eigenvalue weighted by Crippen LogP contribution is 2.26. The molecule has 1 atom stereocenters. The minimum absolute atomic E-state index is 0.0868. The first-order valence-corrected chi connectivity index (χ1v) is 3.50. The summed E-state index contributed by atoms with van der Waals surface area (Å²) in [5.74, 6) is -1.94. The van der Waals surface area contributed by atoms with Crippen LogP contribution in [0.4, 0.5) is 0 Å². The summed E-state index contributed by atoms with van der Waals surface area (Å²) >= 11 is 0. The van der Waals surface area contributed by atoms with Crippen molar-refractivity contribution in [3.8, 4) is 0 Å². The Bertz CT molecular complexity index is 277. The lowest BCUT2D eigenvalue weighted by Crippen LogP contribution is -2.41. The third kappa shape index (κ3) is 1.21. The summed E-state index contributed by atoms with van der Waals surface area (Å²) in [5.41, 5.74) is -1.38. The van der Waals surface area contributed by atoms with Crippen molar-refractivity contribution in [3.63, 3.8) is 0 Å². The molecule has 0 aromatic rings. The van der Waals surface area contributed by atoms with Gasteiger partial charge in [0.2, 0.25) is 5.60 Å². The van der Waals surface area contributed by atoms with E-state index < -0.39 is 17.3 Å². The minimum Gasteiger partial charge on any atom is -0.509 e. The molecule has 1 unspecified atom stereocenters. The molecule has 0 saturated heterocycles. The topological polar surface area (TPSA) is 77.8 Å². The van der Waals surface area contributed by atoms with Crippen molar-refractivity contribution in [1.82, 2.24) is 0 Å². The standard InChI is InChI=1S/C8H10O4/c1-5-2-3-8(12,7(10)11)6(9)4-5/h2,4,9,12H,3H2,1H3,(H,10,11). The molecule has 3 N–H and O–H groups in total. The van der Waals surface area contributed by atoms with Gasteiger partial charge in [-0.15, -0.1) is 0 Å². The third-order valence-corrected chi connectivity index (χ3v) is 1.86. The molecule has 1 aliphatic carbocycles. The summed E-state index contributed by atoms with van der Waals surface area (Å²) in [6.07, 6.45) is 2.72. The zero-order chi connectivity index (χ0) is 9.35. The summed E-state index contributed by atoms with van der Waals surface area (Å²) in [6.45, 7) is 1.72. The summed E-state index contributed by atoms with van der Waals surface area (Å²) in [6, 6.07) is 0. The first-order chi connectivity index (χ1) is 5.47. The first-order valence-electron chi connectivity index (χ1n) is 3.50. The second-order valence-corrected chi connectivity index (χ2v) is 2.85. The number of carboxylic acid groups (broad SMARTS) is 1. The highest BCUT2D eigenvalue weighted by atomic mass is 16.4. The SMILES string of the molecule is CC1=CCC(O)(C(=O)O)C(O)=C1. The van der Waals surface area contributed by atoms with Gasteiger partial charge in [-0.25, -0.2) is 4.79 Å². The fourth-order valence-electron chi connectivity index (χ4n) is 1.00. The van der Waals surface area contributed by atoms with Crippen molar-refractivity contribution in [2.24, 2.45) is 0 Å². The number of rotatable bonds is 1. The molecule has 0 aliphatic heterocycles. The summed E-state index contributed by atoms with van der Waals surface area (Å²) < 4.78 is 0. The van der Waals surface area contributed by atoms with Gasteiger partial charge in [-0.1, -0.05) is 11.6 Å². The highest BCUT2D eigenvalue weighted by molar-refractivity contribution is 5.81. The number of hydrogen-bond acceptors (Lipinski definition) is 3. The van der Waals surface area contributed by atoms with E-state index in [4.69, 9.17) is 10.2 Å². The Morgan fingerprint density at radius 1 is 1.67 bits per heavy atom. The second-order valence-electron chi connectivity index (χ2n) is 2.85. The van der Waals surface area contributed by atoms with Gasteiger partial charge in [-0.2, -0.15) is 0 Å². The lowest BCUT2D eigenvalue weighted by atomic mass is 9.91. The molecule has 0 aromatic heterocycles. The number of aliphatic carboxylic acids is 1. The molecule has 1 rings (SSSR count). The van der Waals surface area contributed by atoms with Crippen molar-refractivity contribution in [2.75, 3.05) is 0 Å². The number of aliphatic hydroxyl groups is 2. The van der Waals surface area contributed by atoms with Crippen molar-refractivity contribution in [1.29, 1.82) is 0 Å². The van der Waals surface area contributed by atoms with Crippen LogP contribution in [0.5, 0.6) is 0 Å². The molecule has 0 spiro atoms. The lowest BCUT2D eigenvalue weighted by Gasteiger charge is -2.24. The van der Waals surface area contributed by atoms with Crippen molar-refractivity contribution >= 4 is 5.97 Å². The fourth-order valence-corrected chi connectivity index (χ4v) is 1.00. The Hall–Kier alpha value is -1.29. The molecule has 4 heteroatoms. The van der Waals surface area contributed by atoms with E-state index in [1.807, 2.05) is 0 Å². The van der Waals surface area contributed by atoms with Gasteiger partial charge < -0.3 is 15.3 Å². The van der Waals surface area contributed by atoms with Gasteiger partial charge in [0.05, 0.1) is 0 Å². The van der Waals surface area contributed by atoms with Crippen LogP contribution in [-0.4, -0.2) is 26.9 Å². The maximum Gasteiger partial charge on any atom is 0.344 e. The predicted molar refractivity (Wildman–Crippen MR) is 41.7 cm³/mol. The number of carboxylic acids is 1. The zero-order valence-electron chi connectivity index (χ0n) is 6.61. The Morgan fingerprint density at radius 3 is 2.67 bits per heavy atom. The predicted octanol–water partition coefficient (Wildman–Crippen LogP) is 0.594. The average Bonchev–Trinajstić information content (AvgIpc) is 1.97. The van der Waals surface area contributed by atoms with Gasteiger partial charge in [0.25, 0.3) is 0 Å². The van der Waals surface area contributed by atoms with Crippen LogP contribution in [0.3, 0.4) is 0 Å². The van der Waals surface area contributed by atoms with E-state index in [2.05, 4.69) is 0 Å². The van der Waals surface area contributed by atoms with Crippen LogP contribution in [-0.2, 0) is 4.79 Å². The van der Waals surface area contributed by atoms with Gasteiger partial charge in [0.15, 0.2) is 0 Å². The largest absolute Gasteiger partial charge is 0.509 e. The van der Waals surface area contributed by atoms with Gasteiger partial charge >= 0.3 is 5.97 Å². The summed E-state index contributed by atoms with van der Waals surface area (Å²) in [5, 5.41) is 27.1. The van der Waals surface area contributed by atoms with E-state index >= 15 is 0 Å². The molecule has 0 radical (unpaired) electrons. The van der Waals surface area contributed by atoms with E-state index in [1.54, 1.807) is 13.0 Å². The van der Waals surface area contributed by atoms with Crippen molar-refractivity contribution < 1.29 is 20.1 Å². The van der Waals surface area contributed by atoms with Crippen LogP contribution in [0.15, 0.2) is 23.5 Å². The molecule has 12 heavy (non-hydrogen) atoms. The Kier molecular flexibility index (Phi) is 1.94. The molecule has 0 heterocycles. The van der Waals surface area contributed by atoms with Gasteiger partial charge in [-0.3, -0.25) is 0 Å². The molecule has 0 bridgehead atoms. The van der Waals surface area contributed by atoms with Crippen LogP contribution >= 0.6 is 0 Å². The van der Waals surface area contributed by atoms with Crippen molar-refractivity contribution in [2.45, 2.75) is 18.9 Å². The Morgan fingerprint density at radius 2 is 2.25 bits per heavy atom. The molecule has 0 saturated carbocycles. The van der Waals surface area contributed by atoms with Gasteiger partial charge in [-0.05, 0) is 13.0 Å². The van der Waals surface area contributed by atoms with Crippen LogP contribution in [0.25, 0.3) is 0 Å². The highest BCUT2D eigenvalue weighted by Gasteiger charge is 2.41. The smallest absolute Gasteiger partial charge is 0.344 e. The fraction of sp³-hybridized carbons (Fsp3) is 0.375. The monoisotopic (exact) mass is 170 g/mol. The molecule has 66 valence electrons. The van der Waals surface area contributed by atoms with Crippen LogP contribution < -0.4 is 0 Å². The van der Waals surface area contributed by atoms with E-state index in [-0.39, 0.29) is 6.42 Å². The quantitative estimate of drug-likeness (QED) is 0.538. The maximum absolute atomic E-state index is 10.5. The molecular weight excluding hydrogens is 160 g/mol. The van der Waals surface area contributed by atoms with E-state index in [9.17, 15) is 9.90 Å². The van der Waals surface area contributed by atoms with Crippen LogP contribution in [0.2, 0.25) is 0 Å². The summed E-state index contributed by atoms with van der Waals surface area (Å²) in [7, 11) is 0. The Balaban J connectivity index is 3.01. The van der Waals surface area contributed by atoms with Gasteiger partial charge in [0.1, 0.15) is 5.76 Å². The normalized spacial score (nSPS) is 29.2. The third-order valence-electron chi connectivity index (χ3n) is 1.86. The van der Waals surface area contributed by atoms with E-state index in [0.29, 0.717) is 0 Å². The Labute approximate surface area is 69.5 Å². The zero-order valence-corrected chi connectivity index (χ0v) is 6.61. The van der Waals surface area contributed by atoms with E-state index in [1.165, 1.54) is 6.08 Å².